The van der Waals surface area contributed by atoms with Gasteiger partial charge in [-0.15, -0.1) is 0 Å². The molecule has 0 fully saturated rings. The normalized spacial score (nSPS) is 13.1. The molecule has 0 aliphatic rings. The smallest absolute Gasteiger partial charge is 0.122 e. The molecule has 0 heterocycles. The number of rotatable bonds is 10. The first-order valence-corrected chi connectivity index (χ1v) is 11.5. The Labute approximate surface area is 192 Å². The maximum Gasteiger partial charge on any atom is 0.122 e. The van der Waals surface area contributed by atoms with E-state index in [9.17, 15) is 0 Å². The Morgan fingerprint density at radius 1 is 0.774 bits per heavy atom. The highest BCUT2D eigenvalue weighted by Gasteiger charge is 2.19. The molecule has 0 N–H and O–H groups in total. The zero-order chi connectivity index (χ0) is 22.2. The zero-order valence-electron chi connectivity index (χ0n) is 19.0. The number of para-hydroxylation sites is 1. The molecule has 0 radical (unpaired) electrons. The van der Waals surface area contributed by atoms with Gasteiger partial charge in [0.25, 0.3) is 0 Å². The van der Waals surface area contributed by atoms with E-state index >= 15 is 0 Å². The van der Waals surface area contributed by atoms with Crippen molar-refractivity contribution in [1.82, 2.24) is 0 Å². The van der Waals surface area contributed by atoms with Crippen molar-refractivity contribution < 1.29 is 9.47 Å². The molecule has 2 nitrogen and oxygen atoms in total. The van der Waals surface area contributed by atoms with E-state index < -0.39 is 0 Å². The van der Waals surface area contributed by atoms with Crippen LogP contribution in [0.3, 0.4) is 0 Å². The Hall–Kier alpha value is -2.45. The first-order chi connectivity index (χ1) is 15.0. The maximum atomic E-state index is 6.04. The summed E-state index contributed by atoms with van der Waals surface area (Å²) in [5, 5.41) is 0.789. The molecule has 0 spiro atoms. The van der Waals surface area contributed by atoms with Crippen LogP contribution in [0.4, 0.5) is 0 Å². The van der Waals surface area contributed by atoms with E-state index in [0.29, 0.717) is 5.92 Å². The largest absolute Gasteiger partial charge is 0.496 e. The van der Waals surface area contributed by atoms with Gasteiger partial charge in [-0.25, -0.2) is 0 Å². The predicted octanol–water partition coefficient (Wildman–Crippen LogP) is 8.24. The highest BCUT2D eigenvalue weighted by molar-refractivity contribution is 6.30. The number of hydrogen-bond acceptors (Lipinski definition) is 2. The van der Waals surface area contributed by atoms with Crippen molar-refractivity contribution in [3.63, 3.8) is 0 Å². The van der Waals surface area contributed by atoms with Crippen LogP contribution in [0.2, 0.25) is 5.02 Å². The van der Waals surface area contributed by atoms with Crippen LogP contribution in [-0.2, 0) is 0 Å². The Kier molecular flexibility index (Phi) is 8.43. The van der Waals surface area contributed by atoms with Crippen molar-refractivity contribution in [1.29, 1.82) is 0 Å². The second-order valence-electron chi connectivity index (χ2n) is 8.41. The van der Waals surface area contributed by atoms with Crippen molar-refractivity contribution in [2.45, 2.75) is 58.0 Å². The molecule has 3 aromatic rings. The lowest BCUT2D eigenvalue weighted by Gasteiger charge is -2.22. The van der Waals surface area contributed by atoms with E-state index in [1.165, 1.54) is 16.7 Å². The second-order valence-corrected chi connectivity index (χ2v) is 8.85. The van der Waals surface area contributed by atoms with Gasteiger partial charge in [-0.1, -0.05) is 67.4 Å². The van der Waals surface area contributed by atoms with Gasteiger partial charge >= 0.3 is 0 Å². The molecule has 0 aliphatic carbocycles. The van der Waals surface area contributed by atoms with Crippen LogP contribution in [-0.4, -0.2) is 13.2 Å². The highest BCUT2D eigenvalue weighted by atomic mass is 35.5. The third-order valence-corrected chi connectivity index (χ3v) is 5.99. The van der Waals surface area contributed by atoms with Crippen LogP contribution in [0, 0.1) is 0 Å². The average Bonchev–Trinajstić information content (AvgIpc) is 2.77. The molecule has 3 rings (SSSR count). The second kappa shape index (κ2) is 11.2. The quantitative estimate of drug-likeness (QED) is 0.318. The number of methoxy groups -OCH3 is 1. The summed E-state index contributed by atoms with van der Waals surface area (Å²) in [6, 6.07) is 25.1. The molecule has 0 saturated heterocycles. The van der Waals surface area contributed by atoms with Crippen LogP contribution in [0.25, 0.3) is 0 Å². The van der Waals surface area contributed by atoms with Crippen molar-refractivity contribution in [3.8, 4) is 11.5 Å². The predicted molar refractivity (Wildman–Crippen MR) is 131 cm³/mol. The first kappa shape index (κ1) is 23.2. The molecule has 0 saturated carbocycles. The van der Waals surface area contributed by atoms with E-state index in [1.807, 2.05) is 32.0 Å². The van der Waals surface area contributed by atoms with Gasteiger partial charge in [0.1, 0.15) is 11.5 Å². The monoisotopic (exact) mass is 436 g/mol. The molecule has 164 valence electrons. The zero-order valence-corrected chi connectivity index (χ0v) is 19.7. The summed E-state index contributed by atoms with van der Waals surface area (Å²) in [7, 11) is 1.75. The average molecular weight is 437 g/mol. The lowest BCUT2D eigenvalue weighted by atomic mass is 9.84. The Bertz CT molecular complexity index is 932. The van der Waals surface area contributed by atoms with Crippen molar-refractivity contribution in [2.24, 2.45) is 0 Å². The molecular weight excluding hydrogens is 404 g/mol. The van der Waals surface area contributed by atoms with Crippen molar-refractivity contribution in [2.75, 3.05) is 7.11 Å². The van der Waals surface area contributed by atoms with Crippen LogP contribution >= 0.6 is 11.6 Å². The third kappa shape index (κ3) is 6.51. The number of benzene rings is 3. The van der Waals surface area contributed by atoms with Crippen LogP contribution in [0.5, 0.6) is 11.5 Å². The van der Waals surface area contributed by atoms with Crippen molar-refractivity contribution >= 4 is 11.6 Å². The van der Waals surface area contributed by atoms with Gasteiger partial charge in [-0.3, -0.25) is 0 Å². The Morgan fingerprint density at radius 2 is 1.42 bits per heavy atom. The van der Waals surface area contributed by atoms with Gasteiger partial charge in [0.15, 0.2) is 0 Å². The fourth-order valence-corrected chi connectivity index (χ4v) is 4.22. The molecule has 0 aromatic heterocycles. The minimum atomic E-state index is 0.171. The van der Waals surface area contributed by atoms with E-state index in [0.717, 1.165) is 35.8 Å². The van der Waals surface area contributed by atoms with Gasteiger partial charge in [-0.05, 0) is 74.1 Å². The van der Waals surface area contributed by atoms with Gasteiger partial charge in [0, 0.05) is 16.5 Å². The van der Waals surface area contributed by atoms with Crippen molar-refractivity contribution in [3.05, 3.63) is 94.5 Å². The van der Waals surface area contributed by atoms with Crippen LogP contribution in [0.15, 0.2) is 72.8 Å². The lowest BCUT2D eigenvalue weighted by molar-refractivity contribution is 0.242. The molecular formula is C28H33ClO2. The fourth-order valence-electron chi connectivity index (χ4n) is 4.09. The topological polar surface area (TPSA) is 18.5 Å². The minimum absolute atomic E-state index is 0.171. The van der Waals surface area contributed by atoms with Gasteiger partial charge < -0.3 is 9.47 Å². The fraction of sp³-hybridized carbons (Fsp3) is 0.357. The van der Waals surface area contributed by atoms with Gasteiger partial charge in [0.2, 0.25) is 0 Å². The first-order valence-electron chi connectivity index (χ1n) is 11.1. The standard InChI is InChI=1S/C28H33ClO2/c1-20(2)31-25-18-14-23(15-19-25)26(27-9-5-6-11-28(27)30-4)10-7-8-21(3)22-12-16-24(29)17-13-22/h5-6,9,11-21,26H,7-8,10H2,1-4H3. The highest BCUT2D eigenvalue weighted by Crippen LogP contribution is 2.37. The molecule has 2 atom stereocenters. The van der Waals surface area contributed by atoms with Crippen LogP contribution < -0.4 is 9.47 Å². The summed E-state index contributed by atoms with van der Waals surface area (Å²) in [4.78, 5) is 0. The number of ether oxygens (including phenoxy) is 2. The Balaban J connectivity index is 1.77. The summed E-state index contributed by atoms with van der Waals surface area (Å²) in [6.45, 7) is 6.39. The molecule has 0 aliphatic heterocycles. The molecule has 2 unspecified atom stereocenters. The number of halogens is 1. The molecule has 0 amide bonds. The molecule has 3 heteroatoms. The SMILES string of the molecule is COc1ccccc1C(CCCC(C)c1ccc(Cl)cc1)c1ccc(OC(C)C)cc1. The van der Waals surface area contributed by atoms with Crippen LogP contribution in [0.1, 0.15) is 68.6 Å². The van der Waals surface area contributed by atoms with E-state index in [4.69, 9.17) is 21.1 Å². The van der Waals surface area contributed by atoms with Gasteiger partial charge in [-0.2, -0.15) is 0 Å². The minimum Gasteiger partial charge on any atom is -0.496 e. The summed E-state index contributed by atoms with van der Waals surface area (Å²) in [6.07, 6.45) is 3.48. The summed E-state index contributed by atoms with van der Waals surface area (Å²) in [5.74, 6) is 2.63. The third-order valence-electron chi connectivity index (χ3n) is 5.74. The Morgan fingerprint density at radius 3 is 2.06 bits per heavy atom. The summed E-state index contributed by atoms with van der Waals surface area (Å²) < 4.78 is 11.5. The maximum absolute atomic E-state index is 6.04. The number of hydrogen-bond donors (Lipinski definition) is 0. The molecule has 0 bridgehead atoms. The lowest BCUT2D eigenvalue weighted by Crippen LogP contribution is -2.07. The molecule has 3 aromatic carbocycles. The van der Waals surface area contributed by atoms with E-state index in [2.05, 4.69) is 61.5 Å². The van der Waals surface area contributed by atoms with E-state index in [1.54, 1.807) is 7.11 Å². The van der Waals surface area contributed by atoms with Gasteiger partial charge in [0.05, 0.1) is 13.2 Å². The molecule has 31 heavy (non-hydrogen) atoms. The summed E-state index contributed by atoms with van der Waals surface area (Å²) in [5.41, 5.74) is 3.87. The summed E-state index contributed by atoms with van der Waals surface area (Å²) >= 11 is 6.04. The van der Waals surface area contributed by atoms with E-state index in [-0.39, 0.29) is 12.0 Å².